The Bertz CT molecular complexity index is 780. The quantitative estimate of drug-likeness (QED) is 0.697. The molecular weight excluding hydrogens is 288 g/mol. The van der Waals surface area contributed by atoms with Crippen molar-refractivity contribution < 1.29 is 8.78 Å². The molecular formula is C12H10ClF2N5. The summed E-state index contributed by atoms with van der Waals surface area (Å²) >= 11 is 5.82. The van der Waals surface area contributed by atoms with Crippen LogP contribution in [0.3, 0.4) is 0 Å². The van der Waals surface area contributed by atoms with Gasteiger partial charge in [0.1, 0.15) is 23.5 Å². The monoisotopic (exact) mass is 297 g/mol. The number of nitrogens with zero attached hydrogens (tertiary/aromatic N) is 5. The van der Waals surface area contributed by atoms with E-state index < -0.39 is 11.6 Å². The van der Waals surface area contributed by atoms with E-state index in [1.807, 2.05) is 0 Å². The molecule has 0 saturated carbocycles. The van der Waals surface area contributed by atoms with Gasteiger partial charge in [-0.1, -0.05) is 0 Å². The molecule has 20 heavy (non-hydrogen) atoms. The standard InChI is InChI=1S/C12H10ClF2N5/c1-19-6-16-10(18-19)5-20-9-3-7(14)2-8(15)12(9)17-11(20)4-13/h2-3,6H,4-5H2,1H3. The second kappa shape index (κ2) is 4.82. The second-order valence-corrected chi connectivity index (χ2v) is 4.60. The summed E-state index contributed by atoms with van der Waals surface area (Å²) in [6.45, 7) is 0.252. The Kier molecular flexibility index (Phi) is 3.13. The Morgan fingerprint density at radius 1 is 1.30 bits per heavy atom. The predicted molar refractivity (Wildman–Crippen MR) is 69.3 cm³/mol. The van der Waals surface area contributed by atoms with Gasteiger partial charge < -0.3 is 4.57 Å². The van der Waals surface area contributed by atoms with E-state index in [2.05, 4.69) is 15.1 Å². The first-order valence-corrected chi connectivity index (χ1v) is 6.36. The van der Waals surface area contributed by atoms with Gasteiger partial charge in [-0.25, -0.2) is 18.7 Å². The lowest BCUT2D eigenvalue weighted by Crippen LogP contribution is -2.06. The summed E-state index contributed by atoms with van der Waals surface area (Å²) in [6, 6.07) is 2.03. The third-order valence-electron chi connectivity index (χ3n) is 2.92. The van der Waals surface area contributed by atoms with Crippen LogP contribution < -0.4 is 0 Å². The fourth-order valence-electron chi connectivity index (χ4n) is 2.07. The summed E-state index contributed by atoms with van der Waals surface area (Å²) in [5, 5.41) is 4.14. The van der Waals surface area contributed by atoms with Gasteiger partial charge in [0.05, 0.1) is 17.9 Å². The molecule has 0 bridgehead atoms. The number of aryl methyl sites for hydroxylation is 1. The Labute approximate surface area is 117 Å². The Morgan fingerprint density at radius 3 is 2.75 bits per heavy atom. The zero-order chi connectivity index (χ0) is 14.3. The molecule has 0 aliphatic heterocycles. The van der Waals surface area contributed by atoms with Crippen molar-refractivity contribution in [3.05, 3.63) is 41.7 Å². The zero-order valence-corrected chi connectivity index (χ0v) is 11.3. The van der Waals surface area contributed by atoms with Gasteiger partial charge in [0.25, 0.3) is 0 Å². The molecule has 0 aliphatic rings. The predicted octanol–water partition coefficient (Wildman–Crippen LogP) is 2.23. The summed E-state index contributed by atoms with van der Waals surface area (Å²) in [5.74, 6) is -0.324. The van der Waals surface area contributed by atoms with Crippen LogP contribution in [-0.2, 0) is 19.5 Å². The maximum absolute atomic E-state index is 13.7. The van der Waals surface area contributed by atoms with E-state index in [4.69, 9.17) is 11.6 Å². The lowest BCUT2D eigenvalue weighted by molar-refractivity contribution is 0.590. The van der Waals surface area contributed by atoms with E-state index in [0.717, 1.165) is 6.07 Å². The van der Waals surface area contributed by atoms with Crippen molar-refractivity contribution in [2.24, 2.45) is 7.05 Å². The number of imidazole rings is 1. The van der Waals surface area contributed by atoms with Crippen LogP contribution in [-0.4, -0.2) is 24.3 Å². The number of hydrogen-bond acceptors (Lipinski definition) is 3. The van der Waals surface area contributed by atoms with Crippen LogP contribution in [0.1, 0.15) is 11.6 Å². The highest BCUT2D eigenvalue weighted by molar-refractivity contribution is 6.16. The van der Waals surface area contributed by atoms with Crippen molar-refractivity contribution in [3.8, 4) is 0 Å². The Balaban J connectivity index is 2.17. The van der Waals surface area contributed by atoms with Crippen molar-refractivity contribution >= 4 is 22.6 Å². The van der Waals surface area contributed by atoms with Gasteiger partial charge in [-0.15, -0.1) is 11.6 Å². The normalized spacial score (nSPS) is 11.4. The highest BCUT2D eigenvalue weighted by Crippen LogP contribution is 2.22. The van der Waals surface area contributed by atoms with E-state index in [1.54, 1.807) is 22.6 Å². The number of rotatable bonds is 3. The fourth-order valence-corrected chi connectivity index (χ4v) is 2.28. The van der Waals surface area contributed by atoms with Gasteiger partial charge in [-0.3, -0.25) is 4.68 Å². The van der Waals surface area contributed by atoms with Crippen LogP contribution in [0.5, 0.6) is 0 Å². The number of aromatic nitrogens is 5. The fraction of sp³-hybridized carbons (Fsp3) is 0.250. The maximum Gasteiger partial charge on any atom is 0.170 e. The van der Waals surface area contributed by atoms with Crippen molar-refractivity contribution in [2.45, 2.75) is 12.4 Å². The Hall–Kier alpha value is -2.02. The number of hydrogen-bond donors (Lipinski definition) is 0. The maximum atomic E-state index is 13.7. The van der Waals surface area contributed by atoms with E-state index in [9.17, 15) is 8.78 Å². The minimum Gasteiger partial charge on any atom is -0.319 e. The summed E-state index contributed by atoms with van der Waals surface area (Å²) < 4.78 is 30.3. The molecule has 0 radical (unpaired) electrons. The summed E-state index contributed by atoms with van der Waals surface area (Å²) in [7, 11) is 1.74. The minimum atomic E-state index is -0.709. The van der Waals surface area contributed by atoms with Gasteiger partial charge in [-0.2, -0.15) is 5.10 Å². The minimum absolute atomic E-state index is 0.0859. The van der Waals surface area contributed by atoms with Crippen molar-refractivity contribution in [1.29, 1.82) is 0 Å². The molecule has 0 aliphatic carbocycles. The molecule has 2 aromatic heterocycles. The largest absolute Gasteiger partial charge is 0.319 e. The smallest absolute Gasteiger partial charge is 0.170 e. The van der Waals surface area contributed by atoms with Crippen molar-refractivity contribution in [3.63, 3.8) is 0 Å². The average molecular weight is 298 g/mol. The molecule has 104 valence electrons. The molecule has 8 heteroatoms. The molecule has 2 heterocycles. The number of alkyl halides is 1. The molecule has 0 amide bonds. The van der Waals surface area contributed by atoms with Crippen LogP contribution in [0, 0.1) is 11.6 Å². The molecule has 0 unspecified atom stereocenters. The van der Waals surface area contributed by atoms with Crippen molar-refractivity contribution in [2.75, 3.05) is 0 Å². The van der Waals surface area contributed by atoms with Crippen LogP contribution in [0.4, 0.5) is 8.78 Å². The molecule has 5 nitrogen and oxygen atoms in total. The van der Waals surface area contributed by atoms with Crippen LogP contribution in [0.25, 0.3) is 11.0 Å². The molecule has 3 aromatic rings. The molecule has 0 saturated heterocycles. The number of fused-ring (bicyclic) bond motifs is 1. The van der Waals surface area contributed by atoms with Gasteiger partial charge in [-0.05, 0) is 6.07 Å². The van der Waals surface area contributed by atoms with Crippen LogP contribution >= 0.6 is 11.6 Å². The topological polar surface area (TPSA) is 48.5 Å². The summed E-state index contributed by atoms with van der Waals surface area (Å²) in [4.78, 5) is 8.19. The first kappa shape index (κ1) is 13.0. The highest BCUT2D eigenvalue weighted by atomic mass is 35.5. The van der Waals surface area contributed by atoms with Crippen LogP contribution in [0.15, 0.2) is 18.5 Å². The third-order valence-corrected chi connectivity index (χ3v) is 3.16. The first-order valence-electron chi connectivity index (χ1n) is 5.83. The first-order chi connectivity index (χ1) is 9.58. The molecule has 0 fully saturated rings. The van der Waals surface area contributed by atoms with Crippen molar-refractivity contribution in [1.82, 2.24) is 24.3 Å². The van der Waals surface area contributed by atoms with E-state index >= 15 is 0 Å². The van der Waals surface area contributed by atoms with Gasteiger partial charge >= 0.3 is 0 Å². The molecule has 3 rings (SSSR count). The lowest BCUT2D eigenvalue weighted by Gasteiger charge is -2.04. The molecule has 0 spiro atoms. The van der Waals surface area contributed by atoms with Gasteiger partial charge in [0.2, 0.25) is 0 Å². The molecule has 0 atom stereocenters. The Morgan fingerprint density at radius 2 is 2.10 bits per heavy atom. The van der Waals surface area contributed by atoms with Gasteiger partial charge in [0, 0.05) is 13.1 Å². The van der Waals surface area contributed by atoms with E-state index in [-0.39, 0.29) is 17.9 Å². The number of halogens is 3. The highest BCUT2D eigenvalue weighted by Gasteiger charge is 2.16. The molecule has 0 N–H and O–H groups in total. The zero-order valence-electron chi connectivity index (χ0n) is 10.5. The summed E-state index contributed by atoms with van der Waals surface area (Å²) in [6.07, 6.45) is 1.55. The number of benzene rings is 1. The second-order valence-electron chi connectivity index (χ2n) is 4.34. The average Bonchev–Trinajstić information content (AvgIpc) is 2.95. The van der Waals surface area contributed by atoms with E-state index in [0.29, 0.717) is 17.2 Å². The van der Waals surface area contributed by atoms with Crippen LogP contribution in [0.2, 0.25) is 0 Å². The third kappa shape index (κ3) is 2.14. The van der Waals surface area contributed by atoms with Gasteiger partial charge in [0.15, 0.2) is 11.6 Å². The van der Waals surface area contributed by atoms with E-state index in [1.165, 1.54) is 6.07 Å². The SMILES string of the molecule is Cn1cnc(Cn2c(CCl)nc3c(F)cc(F)cc32)n1. The molecule has 1 aromatic carbocycles. The lowest BCUT2D eigenvalue weighted by atomic mass is 10.3. The summed E-state index contributed by atoms with van der Waals surface area (Å²) in [5.41, 5.74) is 0.434.